The molecule has 4 heteroatoms. The first-order valence-corrected chi connectivity index (χ1v) is 3.49. The number of carbonyl (C=O) groups is 1. The van der Waals surface area contributed by atoms with Gasteiger partial charge in [-0.15, -0.1) is 0 Å². The largest absolute Gasteiger partial charge is 0.282 e. The summed E-state index contributed by atoms with van der Waals surface area (Å²) in [6.45, 7) is 1.82. The number of hydrogen-bond acceptors (Lipinski definition) is 2. The summed E-state index contributed by atoms with van der Waals surface area (Å²) in [7, 11) is 0. The zero-order valence-corrected chi connectivity index (χ0v) is 6.97. The van der Waals surface area contributed by atoms with Crippen LogP contribution in [-0.2, 0) is 0 Å². The molecule has 0 aliphatic heterocycles. The van der Waals surface area contributed by atoms with E-state index in [4.69, 9.17) is 0 Å². The SMILES string of the molecule is Cc1[nH]ncc1C(=O)I. The van der Waals surface area contributed by atoms with Gasteiger partial charge < -0.3 is 0 Å². The molecule has 3 nitrogen and oxygen atoms in total. The first-order valence-electron chi connectivity index (χ1n) is 2.41. The van der Waals surface area contributed by atoms with Crippen molar-refractivity contribution in [3.63, 3.8) is 0 Å². The third kappa shape index (κ3) is 1.29. The Kier molecular flexibility index (Phi) is 1.84. The van der Waals surface area contributed by atoms with Crippen molar-refractivity contribution in [3.8, 4) is 0 Å². The number of halogens is 1. The highest BCUT2D eigenvalue weighted by molar-refractivity contribution is 14.1. The lowest BCUT2D eigenvalue weighted by Crippen LogP contribution is -1.86. The molecule has 0 aliphatic rings. The Morgan fingerprint density at radius 1 is 1.89 bits per heavy atom. The van der Waals surface area contributed by atoms with Gasteiger partial charge in [-0.05, 0) is 6.92 Å². The number of hydrogen-bond donors (Lipinski definition) is 1. The summed E-state index contributed by atoms with van der Waals surface area (Å²) in [5, 5.41) is 6.37. The minimum atomic E-state index is 0.0267. The van der Waals surface area contributed by atoms with Crippen molar-refractivity contribution in [1.82, 2.24) is 10.2 Å². The second kappa shape index (κ2) is 2.47. The maximum atomic E-state index is 10.7. The topological polar surface area (TPSA) is 45.8 Å². The number of aromatic nitrogens is 2. The number of H-pyrrole nitrogens is 1. The van der Waals surface area contributed by atoms with Gasteiger partial charge in [-0.1, -0.05) is 0 Å². The standard InChI is InChI=1S/C5H5IN2O/c1-3-4(5(6)9)2-7-8-3/h2H,1H3,(H,7,8). The van der Waals surface area contributed by atoms with E-state index in [1.54, 1.807) is 22.6 Å². The molecule has 1 heterocycles. The summed E-state index contributed by atoms with van der Waals surface area (Å²) in [4.78, 5) is 10.7. The van der Waals surface area contributed by atoms with Gasteiger partial charge in [0.15, 0.2) is 0 Å². The number of aromatic amines is 1. The van der Waals surface area contributed by atoms with Crippen LogP contribution in [0.25, 0.3) is 0 Å². The molecular formula is C5H5IN2O. The Hall–Kier alpha value is -0.390. The van der Waals surface area contributed by atoms with Gasteiger partial charge in [0, 0.05) is 28.3 Å². The van der Waals surface area contributed by atoms with Crippen LogP contribution >= 0.6 is 22.6 Å². The Labute approximate surface area is 66.0 Å². The molecule has 0 unspecified atom stereocenters. The average Bonchev–Trinajstić information content (AvgIpc) is 2.13. The second-order valence-electron chi connectivity index (χ2n) is 1.68. The van der Waals surface area contributed by atoms with E-state index in [0.717, 1.165) is 5.69 Å². The fourth-order valence-electron chi connectivity index (χ4n) is 0.549. The highest BCUT2D eigenvalue weighted by Crippen LogP contribution is 2.07. The van der Waals surface area contributed by atoms with Crippen molar-refractivity contribution in [2.75, 3.05) is 0 Å². The molecule has 0 spiro atoms. The third-order valence-corrected chi connectivity index (χ3v) is 1.62. The summed E-state index contributed by atoms with van der Waals surface area (Å²) >= 11 is 1.73. The van der Waals surface area contributed by atoms with Gasteiger partial charge in [-0.3, -0.25) is 9.89 Å². The van der Waals surface area contributed by atoms with Gasteiger partial charge >= 0.3 is 0 Å². The summed E-state index contributed by atoms with van der Waals surface area (Å²) in [6, 6.07) is 0. The predicted octanol–water partition coefficient (Wildman–Crippen LogP) is 1.29. The number of nitrogens with one attached hydrogen (secondary N) is 1. The van der Waals surface area contributed by atoms with Crippen molar-refractivity contribution in [2.24, 2.45) is 0 Å². The number of rotatable bonds is 1. The van der Waals surface area contributed by atoms with Crippen LogP contribution in [0.15, 0.2) is 6.20 Å². The van der Waals surface area contributed by atoms with Gasteiger partial charge in [0.25, 0.3) is 0 Å². The van der Waals surface area contributed by atoms with Crippen LogP contribution in [0.4, 0.5) is 0 Å². The molecule has 0 atom stereocenters. The van der Waals surface area contributed by atoms with Gasteiger partial charge in [0.2, 0.25) is 3.79 Å². The highest BCUT2D eigenvalue weighted by Gasteiger charge is 2.04. The molecule has 0 bridgehead atoms. The Morgan fingerprint density at radius 2 is 2.56 bits per heavy atom. The highest BCUT2D eigenvalue weighted by atomic mass is 127. The molecule has 0 aromatic carbocycles. The monoisotopic (exact) mass is 236 g/mol. The van der Waals surface area contributed by atoms with Gasteiger partial charge in [-0.25, -0.2) is 0 Å². The maximum Gasteiger partial charge on any atom is 0.225 e. The van der Waals surface area contributed by atoms with E-state index in [-0.39, 0.29) is 3.79 Å². The van der Waals surface area contributed by atoms with Crippen LogP contribution in [0.5, 0.6) is 0 Å². The summed E-state index contributed by atoms with van der Waals surface area (Å²) < 4.78 is 0.0267. The quantitative estimate of drug-likeness (QED) is 0.589. The van der Waals surface area contributed by atoms with Gasteiger partial charge in [-0.2, -0.15) is 5.10 Å². The van der Waals surface area contributed by atoms with E-state index < -0.39 is 0 Å². The van der Waals surface area contributed by atoms with E-state index in [1.807, 2.05) is 6.92 Å². The fourth-order valence-corrected chi connectivity index (χ4v) is 1.09. The molecule has 1 rings (SSSR count). The molecular weight excluding hydrogens is 231 g/mol. The van der Waals surface area contributed by atoms with E-state index in [9.17, 15) is 4.79 Å². The molecule has 1 aromatic heterocycles. The number of nitrogens with zero attached hydrogens (tertiary/aromatic N) is 1. The first-order chi connectivity index (χ1) is 4.22. The molecule has 0 saturated heterocycles. The summed E-state index contributed by atoms with van der Waals surface area (Å²) in [6.07, 6.45) is 1.53. The minimum Gasteiger partial charge on any atom is -0.282 e. The molecule has 48 valence electrons. The molecule has 0 saturated carbocycles. The van der Waals surface area contributed by atoms with E-state index >= 15 is 0 Å². The fraction of sp³-hybridized carbons (Fsp3) is 0.200. The van der Waals surface area contributed by atoms with E-state index in [2.05, 4.69) is 10.2 Å². The van der Waals surface area contributed by atoms with Crippen molar-refractivity contribution >= 4 is 26.4 Å². The van der Waals surface area contributed by atoms with Crippen molar-refractivity contribution in [1.29, 1.82) is 0 Å². The summed E-state index contributed by atoms with van der Waals surface area (Å²) in [5.41, 5.74) is 1.49. The smallest absolute Gasteiger partial charge is 0.225 e. The molecule has 9 heavy (non-hydrogen) atoms. The van der Waals surface area contributed by atoms with E-state index in [1.165, 1.54) is 6.20 Å². The number of aryl methyl sites for hydroxylation is 1. The molecule has 0 amide bonds. The van der Waals surface area contributed by atoms with E-state index in [0.29, 0.717) is 5.56 Å². The van der Waals surface area contributed by atoms with Gasteiger partial charge in [0.05, 0.1) is 11.8 Å². The van der Waals surface area contributed by atoms with Crippen molar-refractivity contribution in [3.05, 3.63) is 17.5 Å². The van der Waals surface area contributed by atoms with Crippen LogP contribution in [0, 0.1) is 6.92 Å². The van der Waals surface area contributed by atoms with Gasteiger partial charge in [0.1, 0.15) is 0 Å². The van der Waals surface area contributed by atoms with Crippen LogP contribution in [0.1, 0.15) is 16.1 Å². The lowest BCUT2D eigenvalue weighted by atomic mass is 10.3. The number of carbonyl (C=O) groups excluding carboxylic acids is 1. The van der Waals surface area contributed by atoms with Crippen LogP contribution < -0.4 is 0 Å². The van der Waals surface area contributed by atoms with Crippen LogP contribution in [-0.4, -0.2) is 14.0 Å². The second-order valence-corrected chi connectivity index (χ2v) is 2.66. The molecule has 1 N–H and O–H groups in total. The zero-order valence-electron chi connectivity index (χ0n) is 4.81. The predicted molar refractivity (Wildman–Crippen MR) is 41.7 cm³/mol. The van der Waals surface area contributed by atoms with Crippen molar-refractivity contribution in [2.45, 2.75) is 6.92 Å². The molecule has 0 aliphatic carbocycles. The third-order valence-electron chi connectivity index (χ3n) is 1.04. The molecule has 1 aromatic rings. The normalized spacial score (nSPS) is 9.56. The summed E-state index contributed by atoms with van der Waals surface area (Å²) in [5.74, 6) is 0. The Balaban J connectivity index is 3.08. The minimum absolute atomic E-state index is 0.0267. The Morgan fingerprint density at radius 3 is 2.78 bits per heavy atom. The van der Waals surface area contributed by atoms with Crippen molar-refractivity contribution < 1.29 is 4.79 Å². The zero-order chi connectivity index (χ0) is 6.85. The average molecular weight is 236 g/mol. The van der Waals surface area contributed by atoms with Crippen LogP contribution in [0.3, 0.4) is 0 Å². The Bertz CT molecular complexity index is 231. The van der Waals surface area contributed by atoms with Crippen LogP contribution in [0.2, 0.25) is 0 Å². The lowest BCUT2D eigenvalue weighted by Gasteiger charge is -1.84. The lowest BCUT2D eigenvalue weighted by molar-refractivity contribution is 0.110. The molecule has 0 fully saturated rings. The molecule has 0 radical (unpaired) electrons. The first kappa shape index (κ1) is 6.73. The maximum absolute atomic E-state index is 10.7.